The SMILES string of the molecule is O=CC1=NC=CC(=O)C1OC1CCCCO1. The van der Waals surface area contributed by atoms with Gasteiger partial charge < -0.3 is 9.47 Å². The summed E-state index contributed by atoms with van der Waals surface area (Å²) >= 11 is 0. The number of rotatable bonds is 3. The van der Waals surface area contributed by atoms with Crippen molar-refractivity contribution >= 4 is 17.8 Å². The molecule has 1 fully saturated rings. The number of ether oxygens (including phenoxy) is 2. The third kappa shape index (κ3) is 2.43. The van der Waals surface area contributed by atoms with Crippen LogP contribution in [0, 0.1) is 0 Å². The van der Waals surface area contributed by atoms with Gasteiger partial charge in [-0.15, -0.1) is 0 Å². The van der Waals surface area contributed by atoms with E-state index in [2.05, 4.69) is 4.99 Å². The summed E-state index contributed by atoms with van der Waals surface area (Å²) in [4.78, 5) is 26.1. The van der Waals surface area contributed by atoms with Crippen molar-refractivity contribution in [3.63, 3.8) is 0 Å². The summed E-state index contributed by atoms with van der Waals surface area (Å²) in [6.07, 6.45) is 4.63. The molecule has 2 aliphatic rings. The Balaban J connectivity index is 2.01. The van der Waals surface area contributed by atoms with E-state index in [-0.39, 0.29) is 11.5 Å². The van der Waals surface area contributed by atoms with Gasteiger partial charge in [-0.2, -0.15) is 0 Å². The molecule has 2 rings (SSSR count). The molecule has 2 heterocycles. The lowest BCUT2D eigenvalue weighted by Crippen LogP contribution is -2.39. The zero-order valence-corrected chi connectivity index (χ0v) is 8.80. The summed E-state index contributed by atoms with van der Waals surface area (Å²) in [6.45, 7) is 0.634. The van der Waals surface area contributed by atoms with E-state index in [4.69, 9.17) is 9.47 Å². The quantitative estimate of drug-likeness (QED) is 0.658. The zero-order chi connectivity index (χ0) is 11.4. The van der Waals surface area contributed by atoms with Gasteiger partial charge in [-0.3, -0.25) is 14.6 Å². The highest BCUT2D eigenvalue weighted by Crippen LogP contribution is 2.17. The van der Waals surface area contributed by atoms with Gasteiger partial charge in [-0.25, -0.2) is 0 Å². The van der Waals surface area contributed by atoms with E-state index < -0.39 is 12.4 Å². The van der Waals surface area contributed by atoms with Crippen molar-refractivity contribution in [1.82, 2.24) is 0 Å². The Morgan fingerprint density at radius 1 is 1.50 bits per heavy atom. The molecule has 86 valence electrons. The average molecular weight is 223 g/mol. The smallest absolute Gasteiger partial charge is 0.192 e. The van der Waals surface area contributed by atoms with E-state index in [9.17, 15) is 9.59 Å². The molecule has 5 heteroatoms. The van der Waals surface area contributed by atoms with Crippen molar-refractivity contribution in [3.05, 3.63) is 12.3 Å². The Hall–Kier alpha value is -1.33. The normalized spacial score (nSPS) is 30.0. The molecular formula is C11H13NO4. The molecule has 2 aliphatic heterocycles. The molecule has 5 nitrogen and oxygen atoms in total. The second-order valence-corrected chi connectivity index (χ2v) is 3.70. The summed E-state index contributed by atoms with van der Waals surface area (Å²) in [5.74, 6) is -0.258. The lowest BCUT2D eigenvalue weighted by Gasteiger charge is -2.26. The molecule has 0 aromatic heterocycles. The fraction of sp³-hybridized carbons (Fsp3) is 0.545. The molecular weight excluding hydrogens is 210 g/mol. The molecule has 0 aromatic carbocycles. The van der Waals surface area contributed by atoms with Crippen LogP contribution < -0.4 is 0 Å². The van der Waals surface area contributed by atoms with Crippen molar-refractivity contribution in [2.24, 2.45) is 4.99 Å². The Morgan fingerprint density at radius 2 is 2.38 bits per heavy atom. The first-order valence-electron chi connectivity index (χ1n) is 5.31. The highest BCUT2D eigenvalue weighted by atomic mass is 16.7. The highest BCUT2D eigenvalue weighted by molar-refractivity contribution is 6.37. The maximum atomic E-state index is 11.5. The van der Waals surface area contributed by atoms with E-state index in [1.54, 1.807) is 0 Å². The third-order valence-electron chi connectivity index (χ3n) is 2.54. The number of aliphatic imine (C=N–C) groups is 1. The number of hydrogen-bond donors (Lipinski definition) is 0. The van der Waals surface area contributed by atoms with Crippen LogP contribution in [0.2, 0.25) is 0 Å². The third-order valence-corrected chi connectivity index (χ3v) is 2.54. The molecule has 0 spiro atoms. The minimum absolute atomic E-state index is 0.113. The summed E-state index contributed by atoms with van der Waals surface area (Å²) in [5.41, 5.74) is 0.113. The molecule has 0 saturated carbocycles. The number of carbonyl (C=O) groups excluding carboxylic acids is 2. The number of hydrogen-bond acceptors (Lipinski definition) is 5. The van der Waals surface area contributed by atoms with Crippen LogP contribution >= 0.6 is 0 Å². The number of aldehydes is 1. The Bertz CT molecular complexity index is 342. The molecule has 0 radical (unpaired) electrons. The van der Waals surface area contributed by atoms with Crippen LogP contribution in [-0.2, 0) is 19.1 Å². The average Bonchev–Trinajstić information content (AvgIpc) is 2.33. The predicted molar refractivity (Wildman–Crippen MR) is 56.1 cm³/mol. The van der Waals surface area contributed by atoms with E-state index in [1.807, 2.05) is 0 Å². The van der Waals surface area contributed by atoms with Crippen molar-refractivity contribution in [2.75, 3.05) is 6.61 Å². The highest BCUT2D eigenvalue weighted by Gasteiger charge is 2.29. The molecule has 2 atom stereocenters. The second-order valence-electron chi connectivity index (χ2n) is 3.70. The molecule has 16 heavy (non-hydrogen) atoms. The molecule has 2 unspecified atom stereocenters. The Morgan fingerprint density at radius 3 is 3.06 bits per heavy atom. The molecule has 1 saturated heterocycles. The van der Waals surface area contributed by atoms with Gasteiger partial charge in [0.25, 0.3) is 0 Å². The fourth-order valence-electron chi connectivity index (χ4n) is 1.70. The summed E-state index contributed by atoms with van der Waals surface area (Å²) in [5, 5.41) is 0. The maximum Gasteiger partial charge on any atom is 0.192 e. The maximum absolute atomic E-state index is 11.5. The summed E-state index contributed by atoms with van der Waals surface area (Å²) in [6, 6.07) is 0. The monoisotopic (exact) mass is 223 g/mol. The second kappa shape index (κ2) is 5.14. The topological polar surface area (TPSA) is 65.0 Å². The first-order valence-corrected chi connectivity index (χ1v) is 5.31. The first-order chi connectivity index (χ1) is 7.81. The number of carbonyl (C=O) groups is 2. The van der Waals surface area contributed by atoms with Crippen molar-refractivity contribution in [3.8, 4) is 0 Å². The predicted octanol–water partition coefficient (Wildman–Crippen LogP) is 0.634. The van der Waals surface area contributed by atoms with Gasteiger partial charge >= 0.3 is 0 Å². The van der Waals surface area contributed by atoms with E-state index in [0.29, 0.717) is 12.9 Å². The van der Waals surface area contributed by atoms with Crippen molar-refractivity contribution < 1.29 is 19.1 Å². The van der Waals surface area contributed by atoms with Crippen LogP contribution in [0.3, 0.4) is 0 Å². The van der Waals surface area contributed by atoms with Crippen LogP contribution in [0.25, 0.3) is 0 Å². The fourth-order valence-corrected chi connectivity index (χ4v) is 1.70. The number of nitrogens with zero attached hydrogens (tertiary/aromatic N) is 1. The standard InChI is InChI=1S/C11H13NO4/c13-7-8-11(9(14)4-5-12-8)16-10-3-1-2-6-15-10/h4-5,7,10-11H,1-3,6H2. The molecule has 0 amide bonds. The van der Waals surface area contributed by atoms with Gasteiger partial charge in [-0.1, -0.05) is 0 Å². The first kappa shape index (κ1) is 11.2. The Labute approximate surface area is 93.1 Å². The number of ketones is 1. The molecule has 0 N–H and O–H groups in total. The lowest BCUT2D eigenvalue weighted by molar-refractivity contribution is -0.178. The minimum Gasteiger partial charge on any atom is -0.353 e. The van der Waals surface area contributed by atoms with Gasteiger partial charge in [0, 0.05) is 18.9 Å². The summed E-state index contributed by atoms with van der Waals surface area (Å²) < 4.78 is 10.8. The van der Waals surface area contributed by atoms with Crippen LogP contribution in [-0.4, -0.2) is 36.8 Å². The van der Waals surface area contributed by atoms with E-state index in [1.165, 1.54) is 12.3 Å². The minimum atomic E-state index is -0.898. The largest absolute Gasteiger partial charge is 0.353 e. The van der Waals surface area contributed by atoms with Crippen molar-refractivity contribution in [1.29, 1.82) is 0 Å². The van der Waals surface area contributed by atoms with Crippen LogP contribution in [0.4, 0.5) is 0 Å². The van der Waals surface area contributed by atoms with Gasteiger partial charge in [0.1, 0.15) is 5.71 Å². The van der Waals surface area contributed by atoms with Crippen LogP contribution in [0.15, 0.2) is 17.3 Å². The van der Waals surface area contributed by atoms with E-state index >= 15 is 0 Å². The van der Waals surface area contributed by atoms with Crippen LogP contribution in [0.5, 0.6) is 0 Å². The molecule has 0 aromatic rings. The van der Waals surface area contributed by atoms with Crippen molar-refractivity contribution in [2.45, 2.75) is 31.7 Å². The van der Waals surface area contributed by atoms with Gasteiger partial charge in [0.2, 0.25) is 0 Å². The van der Waals surface area contributed by atoms with Gasteiger partial charge in [-0.05, 0) is 19.3 Å². The molecule has 0 aliphatic carbocycles. The Kier molecular flexibility index (Phi) is 3.58. The van der Waals surface area contributed by atoms with E-state index in [0.717, 1.165) is 19.3 Å². The zero-order valence-electron chi connectivity index (χ0n) is 8.80. The van der Waals surface area contributed by atoms with Crippen LogP contribution in [0.1, 0.15) is 19.3 Å². The van der Waals surface area contributed by atoms with Gasteiger partial charge in [0.15, 0.2) is 24.5 Å². The summed E-state index contributed by atoms with van der Waals surface area (Å²) in [7, 11) is 0. The molecule has 0 bridgehead atoms. The van der Waals surface area contributed by atoms with Gasteiger partial charge in [0.05, 0.1) is 0 Å². The lowest BCUT2D eigenvalue weighted by atomic mass is 10.1.